The van der Waals surface area contributed by atoms with Crippen molar-refractivity contribution in [1.29, 1.82) is 0 Å². The molecule has 0 unspecified atom stereocenters. The maximum absolute atomic E-state index is 14.0. The summed E-state index contributed by atoms with van der Waals surface area (Å²) in [6.45, 7) is 7.55. The van der Waals surface area contributed by atoms with E-state index in [4.69, 9.17) is 14.1 Å². The van der Waals surface area contributed by atoms with Gasteiger partial charge in [-0.3, -0.25) is 9.36 Å². The number of esters is 1. The van der Waals surface area contributed by atoms with Crippen molar-refractivity contribution in [1.82, 2.24) is 9.47 Å². The number of ether oxygens (including phenoxy) is 1. The highest BCUT2D eigenvalue weighted by Gasteiger charge is 2.34. The Balaban J connectivity index is 1.48. The van der Waals surface area contributed by atoms with Crippen LogP contribution in [0.3, 0.4) is 0 Å². The minimum Gasteiger partial charge on any atom is -0.463 e. The predicted octanol–water partition coefficient (Wildman–Crippen LogP) is 3.30. The highest BCUT2D eigenvalue weighted by molar-refractivity contribution is 7.07. The number of benzene rings is 2. The third-order valence-electron chi connectivity index (χ3n) is 7.34. The van der Waals surface area contributed by atoms with Gasteiger partial charge < -0.3 is 19.0 Å². The second kappa shape index (κ2) is 10.3. The maximum atomic E-state index is 14.0. The van der Waals surface area contributed by atoms with Crippen LogP contribution in [-0.4, -0.2) is 55.3 Å². The second-order valence-corrected chi connectivity index (χ2v) is 10.8. The molecule has 0 bridgehead atoms. The monoisotopic (exact) mass is 542 g/mol. The normalized spacial score (nSPS) is 18.4. The van der Waals surface area contributed by atoms with E-state index >= 15 is 0 Å². The summed E-state index contributed by atoms with van der Waals surface area (Å²) in [6.07, 6.45) is 1.77. The van der Waals surface area contributed by atoms with E-state index < -0.39 is 12.0 Å². The number of allylic oxidation sites excluding steroid dienone is 1. The van der Waals surface area contributed by atoms with Gasteiger partial charge >= 0.3 is 5.97 Å². The zero-order valence-corrected chi connectivity index (χ0v) is 23.0. The van der Waals surface area contributed by atoms with Crippen LogP contribution in [0.15, 0.2) is 80.1 Å². The number of nitrogens with zero attached hydrogens (tertiary/aromatic N) is 4. The lowest BCUT2D eigenvalue weighted by atomic mass is 9.91. The van der Waals surface area contributed by atoms with Gasteiger partial charge in [0.15, 0.2) is 10.7 Å². The van der Waals surface area contributed by atoms with Gasteiger partial charge in [0.25, 0.3) is 5.56 Å². The Labute approximate surface area is 229 Å². The number of carbonyl (C=O) groups excluding carboxylic acids is 1. The van der Waals surface area contributed by atoms with E-state index in [2.05, 4.69) is 16.8 Å². The second-order valence-electron chi connectivity index (χ2n) is 9.84. The molecule has 9 heteroatoms. The van der Waals surface area contributed by atoms with Crippen molar-refractivity contribution < 1.29 is 13.9 Å². The molecule has 0 aliphatic carbocycles. The molecule has 1 atom stereocenters. The lowest BCUT2D eigenvalue weighted by Gasteiger charge is -2.32. The van der Waals surface area contributed by atoms with E-state index in [1.54, 1.807) is 24.5 Å². The number of rotatable bonds is 5. The van der Waals surface area contributed by atoms with Crippen molar-refractivity contribution in [2.24, 2.45) is 4.99 Å². The number of thiazole rings is 1. The fourth-order valence-electron chi connectivity index (χ4n) is 5.32. The molecule has 2 aromatic heterocycles. The largest absolute Gasteiger partial charge is 0.463 e. The van der Waals surface area contributed by atoms with Crippen LogP contribution in [0.5, 0.6) is 0 Å². The van der Waals surface area contributed by atoms with Gasteiger partial charge in [-0.2, -0.15) is 0 Å². The summed E-state index contributed by atoms with van der Waals surface area (Å²) in [5, 5.41) is 2.00. The first kappa shape index (κ1) is 25.3. The summed E-state index contributed by atoms with van der Waals surface area (Å²) in [7, 11) is 2.12. The molecule has 39 heavy (non-hydrogen) atoms. The zero-order chi connectivity index (χ0) is 27.1. The number of aromatic nitrogens is 1. The molecule has 0 amide bonds. The van der Waals surface area contributed by atoms with Crippen molar-refractivity contribution in [3.8, 4) is 0 Å². The number of anilines is 1. The molecular formula is C30H30N4O4S. The van der Waals surface area contributed by atoms with Gasteiger partial charge in [-0.1, -0.05) is 53.8 Å². The number of furan rings is 1. The van der Waals surface area contributed by atoms with Crippen LogP contribution < -0.4 is 19.8 Å². The molecule has 0 saturated carbocycles. The number of likely N-dealkylation sites (N-methyl/N-ethyl adjacent to an activating group) is 1. The Hall–Kier alpha value is -3.95. The molecule has 4 aromatic rings. The van der Waals surface area contributed by atoms with Crippen LogP contribution in [0.2, 0.25) is 0 Å². The predicted molar refractivity (Wildman–Crippen MR) is 153 cm³/mol. The SMILES string of the molecule is CCOC(=O)C1=C(C)N=c2s/c(=C/c3ccc(N4CCN(C)CC4)o3)c(=O)n2[C@H]1c1cccc2ccccc12. The van der Waals surface area contributed by atoms with E-state index in [0.29, 0.717) is 26.4 Å². The third-order valence-corrected chi connectivity index (χ3v) is 8.32. The lowest BCUT2D eigenvalue weighted by molar-refractivity contribution is -0.139. The molecule has 0 radical (unpaired) electrons. The highest BCUT2D eigenvalue weighted by atomic mass is 32.1. The molecule has 200 valence electrons. The number of carbonyl (C=O) groups is 1. The van der Waals surface area contributed by atoms with Crippen LogP contribution in [0.1, 0.15) is 31.2 Å². The molecule has 6 rings (SSSR count). The van der Waals surface area contributed by atoms with E-state index in [9.17, 15) is 9.59 Å². The van der Waals surface area contributed by atoms with E-state index in [0.717, 1.165) is 48.4 Å². The third kappa shape index (κ3) is 4.62. The van der Waals surface area contributed by atoms with Gasteiger partial charge in [-0.15, -0.1) is 0 Å². The lowest BCUT2D eigenvalue weighted by Crippen LogP contribution is -2.44. The number of hydrogen-bond donors (Lipinski definition) is 0. The molecule has 4 heterocycles. The van der Waals surface area contributed by atoms with Crippen molar-refractivity contribution in [3.63, 3.8) is 0 Å². The summed E-state index contributed by atoms with van der Waals surface area (Å²) in [6, 6.07) is 17.1. The van der Waals surface area contributed by atoms with Crippen molar-refractivity contribution in [2.45, 2.75) is 19.9 Å². The van der Waals surface area contributed by atoms with Crippen LogP contribution in [0, 0.1) is 0 Å². The summed E-state index contributed by atoms with van der Waals surface area (Å²) < 4.78 is 13.7. The summed E-state index contributed by atoms with van der Waals surface area (Å²) in [5.74, 6) is 0.947. The molecule has 2 aliphatic rings. The summed E-state index contributed by atoms with van der Waals surface area (Å²) >= 11 is 1.30. The van der Waals surface area contributed by atoms with E-state index in [1.807, 2.05) is 54.6 Å². The van der Waals surface area contributed by atoms with Crippen LogP contribution >= 0.6 is 11.3 Å². The molecular weight excluding hydrogens is 512 g/mol. The van der Waals surface area contributed by atoms with Crippen molar-refractivity contribution >= 4 is 40.0 Å². The van der Waals surface area contributed by atoms with Crippen LogP contribution in [0.4, 0.5) is 5.88 Å². The Morgan fingerprint density at radius 2 is 1.87 bits per heavy atom. The number of fused-ring (bicyclic) bond motifs is 2. The number of hydrogen-bond acceptors (Lipinski definition) is 8. The number of piperazine rings is 1. The zero-order valence-electron chi connectivity index (χ0n) is 22.2. The molecule has 8 nitrogen and oxygen atoms in total. The van der Waals surface area contributed by atoms with Gasteiger partial charge in [0.05, 0.1) is 28.5 Å². The summed E-state index contributed by atoms with van der Waals surface area (Å²) in [5.41, 5.74) is 1.56. The molecule has 0 spiro atoms. The highest BCUT2D eigenvalue weighted by Crippen LogP contribution is 2.34. The Morgan fingerprint density at radius 1 is 1.10 bits per heavy atom. The van der Waals surface area contributed by atoms with Crippen LogP contribution in [0.25, 0.3) is 16.8 Å². The molecule has 2 aromatic carbocycles. The minimum atomic E-state index is -0.661. The minimum absolute atomic E-state index is 0.219. The van der Waals surface area contributed by atoms with E-state index in [-0.39, 0.29) is 12.2 Å². The summed E-state index contributed by atoms with van der Waals surface area (Å²) in [4.78, 5) is 36.9. The molecule has 1 fully saturated rings. The smallest absolute Gasteiger partial charge is 0.338 e. The first-order chi connectivity index (χ1) is 18.9. The van der Waals surface area contributed by atoms with E-state index in [1.165, 1.54) is 11.3 Å². The maximum Gasteiger partial charge on any atom is 0.338 e. The average molecular weight is 543 g/mol. The van der Waals surface area contributed by atoms with Crippen LogP contribution in [-0.2, 0) is 9.53 Å². The topological polar surface area (TPSA) is 80.3 Å². The molecule has 0 N–H and O–H groups in total. The van der Waals surface area contributed by atoms with Gasteiger partial charge in [0.2, 0.25) is 0 Å². The van der Waals surface area contributed by atoms with Gasteiger partial charge in [-0.25, -0.2) is 9.79 Å². The quantitative estimate of drug-likeness (QED) is 0.360. The average Bonchev–Trinajstić information content (AvgIpc) is 3.52. The Bertz CT molecular complexity index is 1770. The molecule has 1 saturated heterocycles. The van der Waals surface area contributed by atoms with Gasteiger partial charge in [0, 0.05) is 38.3 Å². The fourth-order valence-corrected chi connectivity index (χ4v) is 6.35. The first-order valence-corrected chi connectivity index (χ1v) is 14.0. The van der Waals surface area contributed by atoms with Crippen molar-refractivity contribution in [3.05, 3.63) is 96.9 Å². The van der Waals surface area contributed by atoms with Gasteiger partial charge in [0.1, 0.15) is 5.76 Å². The fraction of sp³-hybridized carbons (Fsp3) is 0.300. The Morgan fingerprint density at radius 3 is 2.67 bits per heavy atom. The molecule has 2 aliphatic heterocycles. The van der Waals surface area contributed by atoms with Crippen molar-refractivity contribution in [2.75, 3.05) is 44.7 Å². The standard InChI is InChI=1S/C30H30N4O4S/c1-4-37-29(36)26-19(2)31-30-34(27(26)23-11-7-9-20-8-5-6-10-22(20)23)28(35)24(39-30)18-21-12-13-25(38-21)33-16-14-32(3)15-17-33/h5-13,18,27H,4,14-17H2,1-3H3/b24-18+/t27-/m0/s1. The van der Waals surface area contributed by atoms with Gasteiger partial charge in [-0.05, 0) is 43.3 Å². The Kier molecular flexibility index (Phi) is 6.70. The first-order valence-electron chi connectivity index (χ1n) is 13.1.